The molecule has 140 valence electrons. The van der Waals surface area contributed by atoms with E-state index in [2.05, 4.69) is 62.8 Å². The molecule has 1 aromatic heterocycles. The van der Waals surface area contributed by atoms with Gasteiger partial charge in [0.1, 0.15) is 0 Å². The van der Waals surface area contributed by atoms with E-state index < -0.39 is 0 Å². The molecule has 5 nitrogen and oxygen atoms in total. The Labute approximate surface area is 160 Å². The van der Waals surface area contributed by atoms with Crippen LogP contribution < -0.4 is 5.73 Å². The summed E-state index contributed by atoms with van der Waals surface area (Å²) in [5, 5.41) is 0. The molecule has 1 unspecified atom stereocenters. The number of likely N-dealkylation sites (tertiary alicyclic amines) is 1. The van der Waals surface area contributed by atoms with Crippen molar-refractivity contribution in [2.45, 2.75) is 32.9 Å². The van der Waals surface area contributed by atoms with Crippen LogP contribution in [0.4, 0.5) is 0 Å². The van der Waals surface area contributed by atoms with E-state index in [9.17, 15) is 0 Å². The number of benzene rings is 2. The molecule has 4 rings (SSSR count). The topological polar surface area (TPSA) is 59.4 Å². The second kappa shape index (κ2) is 7.82. The molecular weight excluding hydrogens is 334 g/mol. The van der Waals surface area contributed by atoms with Gasteiger partial charge in [-0.25, -0.2) is 9.98 Å². The van der Waals surface area contributed by atoms with Crippen molar-refractivity contribution in [3.05, 3.63) is 66.0 Å². The summed E-state index contributed by atoms with van der Waals surface area (Å²) in [7, 11) is 0. The maximum absolute atomic E-state index is 6.20. The van der Waals surface area contributed by atoms with Gasteiger partial charge >= 0.3 is 0 Å². The summed E-state index contributed by atoms with van der Waals surface area (Å²) in [5.74, 6) is 1.38. The predicted octanol–water partition coefficient (Wildman–Crippen LogP) is 3.63. The van der Waals surface area contributed by atoms with Gasteiger partial charge in [-0.1, -0.05) is 43.3 Å². The van der Waals surface area contributed by atoms with Crippen molar-refractivity contribution in [3.63, 3.8) is 0 Å². The Hall–Kier alpha value is -2.82. The third-order valence-corrected chi connectivity index (χ3v) is 5.31. The van der Waals surface area contributed by atoms with Gasteiger partial charge in [0.2, 0.25) is 0 Å². The van der Waals surface area contributed by atoms with Crippen molar-refractivity contribution in [2.75, 3.05) is 13.1 Å². The standard InChI is InChI=1S/C22H27N5/c1-17-5-4-12-26(14-17)22(23)24-13-18-8-10-19(11-9-18)15-27-16-25-20-6-2-3-7-21(20)27/h2-3,6-11,16-17H,4-5,12-15H2,1H3,(H2,23,24). The summed E-state index contributed by atoms with van der Waals surface area (Å²) in [6, 6.07) is 16.8. The molecule has 0 saturated carbocycles. The van der Waals surface area contributed by atoms with Crippen LogP contribution in [-0.2, 0) is 13.1 Å². The molecule has 1 fully saturated rings. The largest absolute Gasteiger partial charge is 0.370 e. The molecule has 0 radical (unpaired) electrons. The highest BCUT2D eigenvalue weighted by Crippen LogP contribution is 2.16. The van der Waals surface area contributed by atoms with E-state index in [1.165, 1.54) is 24.0 Å². The van der Waals surface area contributed by atoms with Gasteiger partial charge in [0, 0.05) is 19.6 Å². The fourth-order valence-corrected chi connectivity index (χ4v) is 3.75. The Balaban J connectivity index is 1.39. The van der Waals surface area contributed by atoms with Crippen LogP contribution in [0.1, 0.15) is 30.9 Å². The van der Waals surface area contributed by atoms with Crippen LogP contribution in [-0.4, -0.2) is 33.5 Å². The second-order valence-corrected chi connectivity index (χ2v) is 7.55. The SMILES string of the molecule is CC1CCCN(C(N)=NCc2ccc(Cn3cnc4ccccc43)cc2)C1. The Morgan fingerprint density at radius 1 is 1.15 bits per heavy atom. The zero-order chi connectivity index (χ0) is 18.6. The molecule has 2 N–H and O–H groups in total. The van der Waals surface area contributed by atoms with Gasteiger partial charge in [-0.2, -0.15) is 0 Å². The molecule has 5 heteroatoms. The Morgan fingerprint density at radius 3 is 2.74 bits per heavy atom. The minimum atomic E-state index is 0.630. The third-order valence-electron chi connectivity index (χ3n) is 5.31. The molecule has 0 amide bonds. The first-order chi connectivity index (χ1) is 13.2. The number of piperidine rings is 1. The fourth-order valence-electron chi connectivity index (χ4n) is 3.75. The maximum Gasteiger partial charge on any atom is 0.191 e. The summed E-state index contributed by atoms with van der Waals surface area (Å²) in [6.07, 6.45) is 4.40. The minimum Gasteiger partial charge on any atom is -0.370 e. The summed E-state index contributed by atoms with van der Waals surface area (Å²) < 4.78 is 2.18. The summed E-state index contributed by atoms with van der Waals surface area (Å²) in [6.45, 7) is 5.77. The number of para-hydroxylation sites is 2. The van der Waals surface area contributed by atoms with Crippen molar-refractivity contribution < 1.29 is 0 Å². The van der Waals surface area contributed by atoms with Crippen molar-refractivity contribution >= 4 is 17.0 Å². The van der Waals surface area contributed by atoms with Crippen molar-refractivity contribution in [1.29, 1.82) is 0 Å². The Bertz CT molecular complexity index is 925. The van der Waals surface area contributed by atoms with Gasteiger partial charge in [0.05, 0.1) is 23.9 Å². The summed E-state index contributed by atoms with van der Waals surface area (Å²) >= 11 is 0. The molecule has 0 aliphatic carbocycles. The summed E-state index contributed by atoms with van der Waals surface area (Å²) in [4.78, 5) is 11.3. The van der Waals surface area contributed by atoms with Crippen LogP contribution >= 0.6 is 0 Å². The van der Waals surface area contributed by atoms with Crippen LogP contribution in [0.25, 0.3) is 11.0 Å². The molecule has 27 heavy (non-hydrogen) atoms. The highest BCUT2D eigenvalue weighted by Gasteiger charge is 2.17. The number of aliphatic imine (C=N–C) groups is 1. The number of nitrogens with zero attached hydrogens (tertiary/aromatic N) is 4. The van der Waals surface area contributed by atoms with Crippen molar-refractivity contribution in [1.82, 2.24) is 14.5 Å². The number of guanidine groups is 1. The van der Waals surface area contributed by atoms with Gasteiger partial charge in [0.25, 0.3) is 0 Å². The van der Waals surface area contributed by atoms with Crippen LogP contribution in [0.2, 0.25) is 0 Å². The molecule has 0 bridgehead atoms. The van der Waals surface area contributed by atoms with Crippen molar-refractivity contribution in [3.8, 4) is 0 Å². The van der Waals surface area contributed by atoms with E-state index in [4.69, 9.17) is 5.73 Å². The van der Waals surface area contributed by atoms with Gasteiger partial charge in [-0.05, 0) is 42.0 Å². The molecule has 1 aliphatic rings. The monoisotopic (exact) mass is 361 g/mol. The molecule has 1 aliphatic heterocycles. The van der Waals surface area contributed by atoms with E-state index in [0.717, 1.165) is 30.7 Å². The molecular formula is C22H27N5. The van der Waals surface area contributed by atoms with Crippen LogP contribution in [0.5, 0.6) is 0 Å². The number of fused-ring (bicyclic) bond motifs is 1. The number of nitrogens with two attached hydrogens (primary N) is 1. The minimum absolute atomic E-state index is 0.630. The van der Waals surface area contributed by atoms with Gasteiger partial charge in [-0.15, -0.1) is 0 Å². The molecule has 1 saturated heterocycles. The number of aromatic nitrogens is 2. The average molecular weight is 361 g/mol. The van der Waals surface area contributed by atoms with E-state index in [0.29, 0.717) is 18.4 Å². The highest BCUT2D eigenvalue weighted by molar-refractivity contribution is 5.78. The van der Waals surface area contributed by atoms with Crippen LogP contribution in [0.3, 0.4) is 0 Å². The van der Waals surface area contributed by atoms with Gasteiger partial charge < -0.3 is 15.2 Å². The lowest BCUT2D eigenvalue weighted by Gasteiger charge is -2.31. The lowest BCUT2D eigenvalue weighted by Crippen LogP contribution is -2.43. The Morgan fingerprint density at radius 2 is 1.93 bits per heavy atom. The first-order valence-electron chi connectivity index (χ1n) is 9.71. The molecule has 3 aromatic rings. The maximum atomic E-state index is 6.20. The summed E-state index contributed by atoms with van der Waals surface area (Å²) in [5.41, 5.74) is 10.8. The van der Waals surface area contributed by atoms with E-state index in [1.807, 2.05) is 18.5 Å². The zero-order valence-electron chi connectivity index (χ0n) is 15.9. The highest BCUT2D eigenvalue weighted by atomic mass is 15.3. The van der Waals surface area contributed by atoms with E-state index >= 15 is 0 Å². The smallest absolute Gasteiger partial charge is 0.191 e. The number of hydrogen-bond acceptors (Lipinski definition) is 2. The van der Waals surface area contributed by atoms with Crippen LogP contribution in [0, 0.1) is 5.92 Å². The van der Waals surface area contributed by atoms with Crippen LogP contribution in [0.15, 0.2) is 59.9 Å². The van der Waals surface area contributed by atoms with Gasteiger partial charge in [0.15, 0.2) is 5.96 Å². The second-order valence-electron chi connectivity index (χ2n) is 7.55. The molecule has 0 spiro atoms. The number of hydrogen-bond donors (Lipinski definition) is 1. The number of imidazole rings is 1. The van der Waals surface area contributed by atoms with Crippen molar-refractivity contribution in [2.24, 2.45) is 16.6 Å². The molecule has 2 heterocycles. The zero-order valence-corrected chi connectivity index (χ0v) is 15.9. The lowest BCUT2D eigenvalue weighted by molar-refractivity contribution is 0.270. The van der Waals surface area contributed by atoms with Gasteiger partial charge in [-0.3, -0.25) is 0 Å². The first kappa shape index (κ1) is 17.6. The number of rotatable bonds is 4. The average Bonchev–Trinajstić information content (AvgIpc) is 3.10. The molecule has 2 aromatic carbocycles. The predicted molar refractivity (Wildman–Crippen MR) is 111 cm³/mol. The third kappa shape index (κ3) is 4.13. The first-order valence-corrected chi connectivity index (χ1v) is 9.71. The molecule has 1 atom stereocenters. The van der Waals surface area contributed by atoms with E-state index in [1.54, 1.807) is 0 Å². The van der Waals surface area contributed by atoms with E-state index in [-0.39, 0.29) is 0 Å². The lowest BCUT2D eigenvalue weighted by atomic mass is 10.0. The fraction of sp³-hybridized carbons (Fsp3) is 0.364. The quantitative estimate of drug-likeness (QED) is 0.570. The Kier molecular flexibility index (Phi) is 5.10. The normalized spacial score (nSPS) is 18.2.